The number of aromatic nitrogens is 2. The normalized spacial score (nSPS) is 10.7. The summed E-state index contributed by atoms with van der Waals surface area (Å²) in [5, 5.41) is 22.0. The van der Waals surface area contributed by atoms with Crippen molar-refractivity contribution in [1.29, 1.82) is 0 Å². The molecule has 0 bridgehead atoms. The van der Waals surface area contributed by atoms with Gasteiger partial charge in [0.05, 0.1) is 15.4 Å². The summed E-state index contributed by atoms with van der Waals surface area (Å²) in [5.41, 5.74) is -0.0700. The molecule has 0 saturated heterocycles. The minimum absolute atomic E-state index is 0.0203. The van der Waals surface area contributed by atoms with Crippen molar-refractivity contribution in [2.24, 2.45) is 0 Å². The summed E-state index contributed by atoms with van der Waals surface area (Å²) >= 11 is 0. The number of imidazole rings is 1. The van der Waals surface area contributed by atoms with E-state index < -0.39 is 21.2 Å². The highest BCUT2D eigenvalue weighted by molar-refractivity contribution is 5.91. The van der Waals surface area contributed by atoms with Gasteiger partial charge in [-0.15, -0.1) is 0 Å². The van der Waals surface area contributed by atoms with Crippen molar-refractivity contribution >= 4 is 22.4 Å². The predicted molar refractivity (Wildman–Crippen MR) is 74.8 cm³/mol. The fraction of sp³-hybridized carbons (Fsp3) is 0. The number of nitrogens with one attached hydrogen (secondary N) is 1. The van der Waals surface area contributed by atoms with Crippen molar-refractivity contribution in [2.45, 2.75) is 0 Å². The number of aromatic amines is 1. The average molecular weight is 284 g/mol. The van der Waals surface area contributed by atoms with Gasteiger partial charge in [0.15, 0.2) is 5.52 Å². The van der Waals surface area contributed by atoms with E-state index in [1.807, 2.05) is 6.07 Å². The molecule has 0 aliphatic heterocycles. The lowest BCUT2D eigenvalue weighted by Crippen LogP contribution is -1.97. The first-order valence-electron chi connectivity index (χ1n) is 5.95. The van der Waals surface area contributed by atoms with Crippen LogP contribution in [0.3, 0.4) is 0 Å². The molecular weight excluding hydrogens is 276 g/mol. The van der Waals surface area contributed by atoms with Gasteiger partial charge in [0.2, 0.25) is 0 Å². The summed E-state index contributed by atoms with van der Waals surface area (Å²) in [7, 11) is 0. The molecular formula is C13H8N4O4. The Bertz CT molecular complexity index is 857. The Hall–Kier alpha value is -3.29. The Balaban J connectivity index is 2.29. The predicted octanol–water partition coefficient (Wildman–Crippen LogP) is 3.05. The molecule has 1 N–H and O–H groups in total. The van der Waals surface area contributed by atoms with Crippen LogP contribution in [0.5, 0.6) is 0 Å². The van der Waals surface area contributed by atoms with Crippen LogP contribution in [0, 0.1) is 20.2 Å². The van der Waals surface area contributed by atoms with Gasteiger partial charge in [-0.05, 0) is 6.07 Å². The average Bonchev–Trinajstić information content (AvgIpc) is 2.90. The fourth-order valence-electron chi connectivity index (χ4n) is 2.11. The maximum atomic E-state index is 11.1. The second-order valence-electron chi connectivity index (χ2n) is 4.30. The second kappa shape index (κ2) is 4.67. The number of rotatable bonds is 3. The third-order valence-electron chi connectivity index (χ3n) is 3.03. The van der Waals surface area contributed by atoms with Gasteiger partial charge in [-0.1, -0.05) is 30.3 Å². The summed E-state index contributed by atoms with van der Waals surface area (Å²) < 4.78 is 0. The maximum Gasteiger partial charge on any atom is 0.373 e. The van der Waals surface area contributed by atoms with E-state index >= 15 is 0 Å². The van der Waals surface area contributed by atoms with Crippen LogP contribution in [0.2, 0.25) is 0 Å². The zero-order valence-electron chi connectivity index (χ0n) is 10.5. The Labute approximate surface area is 117 Å². The van der Waals surface area contributed by atoms with Crippen LogP contribution in [-0.4, -0.2) is 19.8 Å². The number of hydrogen-bond acceptors (Lipinski definition) is 5. The molecule has 0 aliphatic carbocycles. The zero-order valence-corrected chi connectivity index (χ0v) is 10.5. The monoisotopic (exact) mass is 284 g/mol. The molecule has 8 heteroatoms. The molecule has 1 aromatic heterocycles. The van der Waals surface area contributed by atoms with E-state index in [1.54, 1.807) is 24.3 Å². The van der Waals surface area contributed by atoms with E-state index in [9.17, 15) is 20.2 Å². The van der Waals surface area contributed by atoms with Crippen molar-refractivity contribution in [2.75, 3.05) is 0 Å². The van der Waals surface area contributed by atoms with Gasteiger partial charge in [0.25, 0.3) is 0 Å². The van der Waals surface area contributed by atoms with Crippen LogP contribution < -0.4 is 0 Å². The summed E-state index contributed by atoms with van der Waals surface area (Å²) in [5.74, 6) is 0.425. The standard InChI is InChI=1S/C13H8N4O4/c18-16(19)10-7-6-9-11(12(10)17(20)21)15-13(14-9)8-4-2-1-3-5-8/h1-7H,(H,14,15). The topological polar surface area (TPSA) is 115 Å². The number of nitrogens with zero attached hydrogens (tertiary/aromatic N) is 3. The molecule has 3 aromatic rings. The Kier molecular flexibility index (Phi) is 2.83. The molecule has 0 fully saturated rings. The minimum Gasteiger partial charge on any atom is -0.338 e. The molecule has 8 nitrogen and oxygen atoms in total. The molecule has 2 aromatic carbocycles. The lowest BCUT2D eigenvalue weighted by molar-refractivity contribution is -0.421. The highest BCUT2D eigenvalue weighted by Gasteiger charge is 2.29. The van der Waals surface area contributed by atoms with Crippen LogP contribution in [0.1, 0.15) is 0 Å². The lowest BCUT2D eigenvalue weighted by atomic mass is 10.2. The van der Waals surface area contributed by atoms with Crippen molar-refractivity contribution < 1.29 is 9.85 Å². The van der Waals surface area contributed by atoms with Crippen LogP contribution in [-0.2, 0) is 0 Å². The number of hydrogen-bond donors (Lipinski definition) is 1. The zero-order chi connectivity index (χ0) is 15.0. The van der Waals surface area contributed by atoms with Gasteiger partial charge in [-0.25, -0.2) is 4.98 Å². The largest absolute Gasteiger partial charge is 0.373 e. The number of nitro groups is 2. The summed E-state index contributed by atoms with van der Waals surface area (Å²) in [6.45, 7) is 0. The molecule has 104 valence electrons. The molecule has 0 aliphatic rings. The Morgan fingerprint density at radius 1 is 0.952 bits per heavy atom. The molecule has 0 radical (unpaired) electrons. The minimum atomic E-state index is -0.783. The summed E-state index contributed by atoms with van der Waals surface area (Å²) in [6, 6.07) is 11.5. The van der Waals surface area contributed by atoms with E-state index in [2.05, 4.69) is 9.97 Å². The van der Waals surface area contributed by atoms with Crippen LogP contribution in [0.4, 0.5) is 11.4 Å². The molecule has 3 rings (SSSR count). The molecule has 1 heterocycles. The fourth-order valence-corrected chi connectivity index (χ4v) is 2.11. The van der Waals surface area contributed by atoms with E-state index in [0.29, 0.717) is 11.3 Å². The lowest BCUT2D eigenvalue weighted by Gasteiger charge is -1.94. The first-order valence-corrected chi connectivity index (χ1v) is 5.95. The van der Waals surface area contributed by atoms with Crippen LogP contribution >= 0.6 is 0 Å². The van der Waals surface area contributed by atoms with Crippen molar-refractivity contribution in [1.82, 2.24) is 9.97 Å². The highest BCUT2D eigenvalue weighted by Crippen LogP contribution is 2.34. The van der Waals surface area contributed by atoms with Gasteiger partial charge >= 0.3 is 11.4 Å². The maximum absolute atomic E-state index is 11.1. The van der Waals surface area contributed by atoms with Gasteiger partial charge in [0, 0.05) is 11.6 Å². The number of nitro benzene ring substituents is 2. The third kappa shape index (κ3) is 2.08. The smallest absolute Gasteiger partial charge is 0.338 e. The summed E-state index contributed by atoms with van der Waals surface area (Å²) in [4.78, 5) is 27.6. The van der Waals surface area contributed by atoms with E-state index in [0.717, 1.165) is 11.6 Å². The quantitative estimate of drug-likeness (QED) is 0.586. The van der Waals surface area contributed by atoms with Crippen molar-refractivity contribution in [3.05, 3.63) is 62.7 Å². The summed E-state index contributed by atoms with van der Waals surface area (Å²) in [6.07, 6.45) is 0. The molecule has 21 heavy (non-hydrogen) atoms. The molecule has 0 amide bonds. The van der Waals surface area contributed by atoms with Gasteiger partial charge in [-0.2, -0.15) is 0 Å². The Morgan fingerprint density at radius 3 is 2.29 bits per heavy atom. The molecule has 0 saturated carbocycles. The first-order chi connectivity index (χ1) is 10.1. The van der Waals surface area contributed by atoms with E-state index in [-0.39, 0.29) is 5.52 Å². The SMILES string of the molecule is O=[N+]([O-])c1ccc2[nH]c(-c3ccccc3)nc2c1[N+](=O)[O-]. The van der Waals surface area contributed by atoms with Crippen molar-refractivity contribution in [3.63, 3.8) is 0 Å². The highest BCUT2D eigenvalue weighted by atomic mass is 16.6. The third-order valence-corrected chi connectivity index (χ3v) is 3.03. The van der Waals surface area contributed by atoms with Gasteiger partial charge in [-0.3, -0.25) is 20.2 Å². The van der Waals surface area contributed by atoms with Gasteiger partial charge < -0.3 is 4.98 Å². The van der Waals surface area contributed by atoms with Crippen LogP contribution in [0.25, 0.3) is 22.4 Å². The van der Waals surface area contributed by atoms with Crippen molar-refractivity contribution in [3.8, 4) is 11.4 Å². The second-order valence-corrected chi connectivity index (χ2v) is 4.30. The molecule has 0 atom stereocenters. The van der Waals surface area contributed by atoms with Gasteiger partial charge in [0.1, 0.15) is 5.82 Å². The number of fused-ring (bicyclic) bond motifs is 1. The van der Waals surface area contributed by atoms with E-state index in [4.69, 9.17) is 0 Å². The van der Waals surface area contributed by atoms with Crippen LogP contribution in [0.15, 0.2) is 42.5 Å². The van der Waals surface area contributed by atoms with E-state index in [1.165, 1.54) is 6.07 Å². The first kappa shape index (κ1) is 12.7. The number of H-pyrrole nitrogens is 1. The Morgan fingerprint density at radius 2 is 1.67 bits per heavy atom. The molecule has 0 unspecified atom stereocenters. The molecule has 0 spiro atoms. The number of benzene rings is 2.